The Bertz CT molecular complexity index is 1010. The van der Waals surface area contributed by atoms with E-state index in [0.29, 0.717) is 29.9 Å². The molecule has 0 spiro atoms. The fourth-order valence-corrected chi connectivity index (χ4v) is 3.72. The summed E-state index contributed by atoms with van der Waals surface area (Å²) in [5, 5.41) is 26.9. The lowest BCUT2D eigenvalue weighted by atomic mass is 10.1. The average molecular weight is 382 g/mol. The SMILES string of the molecule is CN1CCOc2c1c(NC1CCOCC1)nn1c(-c3cccc(O)c3)nnc21. The topological polar surface area (TPSA) is 97.0 Å². The van der Waals surface area contributed by atoms with E-state index in [-0.39, 0.29) is 5.75 Å². The summed E-state index contributed by atoms with van der Waals surface area (Å²) in [6.45, 7) is 2.85. The van der Waals surface area contributed by atoms with Crippen LogP contribution in [0.4, 0.5) is 11.5 Å². The standard InChI is InChI=1S/C19H22N6O3/c1-24-7-10-28-16-15(24)17(20-13-5-8-27-9-6-13)23-25-18(21-22-19(16)25)12-3-2-4-14(26)11-12/h2-4,11,13,26H,5-10H2,1H3,(H,20,23). The number of benzene rings is 1. The molecular formula is C19H22N6O3. The summed E-state index contributed by atoms with van der Waals surface area (Å²) in [4.78, 5) is 2.14. The van der Waals surface area contributed by atoms with Gasteiger partial charge in [0.1, 0.15) is 18.0 Å². The molecule has 4 heterocycles. The highest BCUT2D eigenvalue weighted by Gasteiger charge is 2.28. The second-order valence-corrected chi connectivity index (χ2v) is 7.14. The van der Waals surface area contributed by atoms with Crippen LogP contribution in [0.1, 0.15) is 12.8 Å². The van der Waals surface area contributed by atoms with Crippen LogP contribution in [-0.4, -0.2) is 64.4 Å². The number of hydrogen-bond acceptors (Lipinski definition) is 8. The second kappa shape index (κ2) is 6.83. The summed E-state index contributed by atoms with van der Waals surface area (Å²) in [6, 6.07) is 7.21. The van der Waals surface area contributed by atoms with E-state index >= 15 is 0 Å². The van der Waals surface area contributed by atoms with Gasteiger partial charge in [-0.15, -0.1) is 15.3 Å². The van der Waals surface area contributed by atoms with Gasteiger partial charge in [-0.2, -0.15) is 4.52 Å². The zero-order valence-electron chi connectivity index (χ0n) is 15.6. The maximum atomic E-state index is 9.85. The van der Waals surface area contributed by atoms with Crippen LogP contribution in [0.3, 0.4) is 0 Å². The molecule has 146 valence electrons. The molecule has 1 aromatic carbocycles. The number of phenolic OH excluding ortho intramolecular Hbond substituents is 1. The minimum atomic E-state index is 0.170. The highest BCUT2D eigenvalue weighted by Crippen LogP contribution is 2.40. The van der Waals surface area contributed by atoms with Gasteiger partial charge in [0.15, 0.2) is 17.4 Å². The molecule has 2 aromatic heterocycles. The van der Waals surface area contributed by atoms with Gasteiger partial charge in [-0.3, -0.25) is 0 Å². The molecule has 0 bridgehead atoms. The highest BCUT2D eigenvalue weighted by molar-refractivity contribution is 5.82. The minimum absolute atomic E-state index is 0.170. The molecule has 0 aliphatic carbocycles. The number of phenols is 1. The van der Waals surface area contributed by atoms with Crippen LogP contribution < -0.4 is 15.0 Å². The van der Waals surface area contributed by atoms with E-state index in [1.54, 1.807) is 22.7 Å². The third kappa shape index (κ3) is 2.88. The first-order valence-electron chi connectivity index (χ1n) is 9.48. The predicted molar refractivity (Wildman–Crippen MR) is 104 cm³/mol. The number of aromatic nitrogens is 4. The Kier molecular flexibility index (Phi) is 4.16. The fraction of sp³-hybridized carbons (Fsp3) is 0.421. The number of aromatic hydroxyl groups is 1. The molecule has 1 fully saturated rings. The maximum Gasteiger partial charge on any atom is 0.222 e. The number of likely N-dealkylation sites (N-methyl/N-ethyl adjacent to an activating group) is 1. The summed E-state index contributed by atoms with van der Waals surface area (Å²) >= 11 is 0. The molecule has 3 aromatic rings. The van der Waals surface area contributed by atoms with Gasteiger partial charge in [-0.05, 0) is 25.0 Å². The van der Waals surface area contributed by atoms with E-state index in [2.05, 4.69) is 20.4 Å². The summed E-state index contributed by atoms with van der Waals surface area (Å²) < 4.78 is 13.2. The summed E-state index contributed by atoms with van der Waals surface area (Å²) in [5.41, 5.74) is 2.21. The van der Waals surface area contributed by atoms with Crippen molar-refractivity contribution in [2.75, 3.05) is 43.6 Å². The maximum absolute atomic E-state index is 9.85. The van der Waals surface area contributed by atoms with Crippen molar-refractivity contribution in [2.24, 2.45) is 0 Å². The quantitative estimate of drug-likeness (QED) is 0.709. The van der Waals surface area contributed by atoms with Crippen molar-refractivity contribution < 1.29 is 14.6 Å². The van der Waals surface area contributed by atoms with Crippen molar-refractivity contribution in [3.8, 4) is 22.9 Å². The Morgan fingerprint density at radius 3 is 2.86 bits per heavy atom. The molecule has 0 radical (unpaired) electrons. The molecular weight excluding hydrogens is 360 g/mol. The molecule has 28 heavy (non-hydrogen) atoms. The van der Waals surface area contributed by atoms with Crippen LogP contribution in [0.2, 0.25) is 0 Å². The van der Waals surface area contributed by atoms with Crippen LogP contribution in [0, 0.1) is 0 Å². The Morgan fingerprint density at radius 2 is 2.04 bits per heavy atom. The third-order valence-corrected chi connectivity index (χ3v) is 5.20. The van der Waals surface area contributed by atoms with Gasteiger partial charge in [-0.1, -0.05) is 12.1 Å². The second-order valence-electron chi connectivity index (χ2n) is 7.14. The van der Waals surface area contributed by atoms with Crippen LogP contribution in [0.25, 0.3) is 17.0 Å². The fourth-order valence-electron chi connectivity index (χ4n) is 3.72. The zero-order valence-corrected chi connectivity index (χ0v) is 15.6. The van der Waals surface area contributed by atoms with Crippen molar-refractivity contribution in [3.05, 3.63) is 24.3 Å². The first kappa shape index (κ1) is 17.1. The van der Waals surface area contributed by atoms with Crippen LogP contribution >= 0.6 is 0 Å². The first-order chi connectivity index (χ1) is 13.7. The summed E-state index contributed by atoms with van der Waals surface area (Å²) in [7, 11) is 2.03. The Labute approximate surface area is 161 Å². The van der Waals surface area contributed by atoms with E-state index in [1.165, 1.54) is 0 Å². The number of anilines is 2. The Balaban J connectivity index is 1.66. The number of rotatable bonds is 3. The van der Waals surface area contributed by atoms with E-state index in [9.17, 15) is 5.11 Å². The van der Waals surface area contributed by atoms with Crippen LogP contribution in [-0.2, 0) is 4.74 Å². The monoisotopic (exact) mass is 382 g/mol. The summed E-state index contributed by atoms with van der Waals surface area (Å²) in [6.07, 6.45) is 1.86. The molecule has 2 N–H and O–H groups in total. The van der Waals surface area contributed by atoms with Crippen molar-refractivity contribution in [3.63, 3.8) is 0 Å². The first-order valence-corrected chi connectivity index (χ1v) is 9.48. The normalized spacial score (nSPS) is 17.4. The average Bonchev–Trinajstić information content (AvgIpc) is 3.13. The molecule has 0 unspecified atom stereocenters. The van der Waals surface area contributed by atoms with Crippen molar-refractivity contribution >= 4 is 17.2 Å². The van der Waals surface area contributed by atoms with E-state index in [0.717, 1.165) is 49.7 Å². The molecule has 1 saturated heterocycles. The summed E-state index contributed by atoms with van der Waals surface area (Å²) in [5.74, 6) is 2.15. The molecule has 2 aliphatic heterocycles. The smallest absolute Gasteiger partial charge is 0.222 e. The van der Waals surface area contributed by atoms with Gasteiger partial charge in [0.2, 0.25) is 5.65 Å². The van der Waals surface area contributed by atoms with Gasteiger partial charge in [0.25, 0.3) is 0 Å². The largest absolute Gasteiger partial charge is 0.508 e. The molecule has 0 amide bonds. The molecule has 0 saturated carbocycles. The number of nitrogens with zero attached hydrogens (tertiary/aromatic N) is 5. The van der Waals surface area contributed by atoms with Crippen LogP contribution in [0.15, 0.2) is 24.3 Å². The van der Waals surface area contributed by atoms with Gasteiger partial charge in [0, 0.05) is 31.9 Å². The van der Waals surface area contributed by atoms with Gasteiger partial charge in [0.05, 0.1) is 6.54 Å². The molecule has 9 heteroatoms. The van der Waals surface area contributed by atoms with Crippen molar-refractivity contribution in [2.45, 2.75) is 18.9 Å². The van der Waals surface area contributed by atoms with Gasteiger partial charge >= 0.3 is 0 Å². The molecule has 5 rings (SSSR count). The van der Waals surface area contributed by atoms with E-state index in [4.69, 9.17) is 14.6 Å². The molecule has 9 nitrogen and oxygen atoms in total. The van der Waals surface area contributed by atoms with Gasteiger partial charge < -0.3 is 24.8 Å². The zero-order chi connectivity index (χ0) is 19.1. The molecule has 0 atom stereocenters. The van der Waals surface area contributed by atoms with E-state index in [1.807, 2.05) is 13.1 Å². The third-order valence-electron chi connectivity index (χ3n) is 5.20. The molecule has 2 aliphatic rings. The van der Waals surface area contributed by atoms with Crippen molar-refractivity contribution in [1.82, 2.24) is 19.8 Å². The van der Waals surface area contributed by atoms with Crippen LogP contribution in [0.5, 0.6) is 11.5 Å². The lowest BCUT2D eigenvalue weighted by Gasteiger charge is -2.31. The minimum Gasteiger partial charge on any atom is -0.508 e. The number of nitrogens with one attached hydrogen (secondary N) is 1. The predicted octanol–water partition coefficient (Wildman–Crippen LogP) is 1.92. The number of fused-ring (bicyclic) bond motifs is 3. The highest BCUT2D eigenvalue weighted by atomic mass is 16.5. The lowest BCUT2D eigenvalue weighted by Crippen LogP contribution is -2.33. The lowest BCUT2D eigenvalue weighted by molar-refractivity contribution is 0.0903. The van der Waals surface area contributed by atoms with Crippen molar-refractivity contribution in [1.29, 1.82) is 0 Å². The Morgan fingerprint density at radius 1 is 1.18 bits per heavy atom. The van der Waals surface area contributed by atoms with E-state index < -0.39 is 0 Å². The number of ether oxygens (including phenoxy) is 2. The van der Waals surface area contributed by atoms with Gasteiger partial charge in [-0.25, -0.2) is 0 Å². The number of hydrogen-bond donors (Lipinski definition) is 2. The Hall–Kier alpha value is -3.07.